The summed E-state index contributed by atoms with van der Waals surface area (Å²) >= 11 is 0. The normalized spacial score (nSPS) is 17.4. The molecule has 0 aliphatic heterocycles. The zero-order valence-corrected chi connectivity index (χ0v) is 16.1. The van der Waals surface area contributed by atoms with E-state index in [1.165, 1.54) is 0 Å². The van der Waals surface area contributed by atoms with Gasteiger partial charge in [0.25, 0.3) is 0 Å². The number of rotatable bonds is 7. The van der Waals surface area contributed by atoms with Crippen molar-refractivity contribution >= 4 is 17.5 Å². The van der Waals surface area contributed by atoms with Crippen molar-refractivity contribution in [2.45, 2.75) is 19.5 Å². The van der Waals surface area contributed by atoms with Gasteiger partial charge in [0.2, 0.25) is 11.8 Å². The molecule has 1 fully saturated rings. The van der Waals surface area contributed by atoms with E-state index in [0.29, 0.717) is 19.5 Å². The van der Waals surface area contributed by atoms with Crippen molar-refractivity contribution in [3.05, 3.63) is 96.3 Å². The van der Waals surface area contributed by atoms with Gasteiger partial charge in [0.1, 0.15) is 0 Å². The van der Waals surface area contributed by atoms with Crippen LogP contribution in [-0.4, -0.2) is 16.8 Å². The Hall–Kier alpha value is -3.47. The lowest BCUT2D eigenvalue weighted by molar-refractivity contribution is -0.126. The number of aromatic nitrogens is 1. The number of hydrogen-bond donors (Lipinski definition) is 1. The SMILES string of the molecule is O=C(NCc1ccncc1)C1CC1C(=O)N(Cc1ccccc1)c1ccccc1. The highest BCUT2D eigenvalue weighted by Crippen LogP contribution is 2.41. The van der Waals surface area contributed by atoms with Gasteiger partial charge in [0.05, 0.1) is 18.4 Å². The molecule has 5 heteroatoms. The summed E-state index contributed by atoms with van der Waals surface area (Å²) in [4.78, 5) is 31.5. The van der Waals surface area contributed by atoms with Crippen LogP contribution >= 0.6 is 0 Å². The van der Waals surface area contributed by atoms with Gasteiger partial charge in [-0.2, -0.15) is 0 Å². The van der Waals surface area contributed by atoms with Crippen LogP contribution in [0.3, 0.4) is 0 Å². The average molecular weight is 385 g/mol. The first-order valence-electron chi connectivity index (χ1n) is 9.79. The van der Waals surface area contributed by atoms with Crippen molar-refractivity contribution in [1.29, 1.82) is 0 Å². The molecule has 3 aromatic rings. The average Bonchev–Trinajstić information content (AvgIpc) is 3.58. The summed E-state index contributed by atoms with van der Waals surface area (Å²) in [6, 6.07) is 23.3. The summed E-state index contributed by atoms with van der Waals surface area (Å²) in [6.07, 6.45) is 4.00. The summed E-state index contributed by atoms with van der Waals surface area (Å²) in [5.74, 6) is -0.584. The van der Waals surface area contributed by atoms with Crippen LogP contribution in [-0.2, 0) is 22.7 Å². The summed E-state index contributed by atoms with van der Waals surface area (Å²) in [7, 11) is 0. The van der Waals surface area contributed by atoms with Crippen LogP contribution in [0.1, 0.15) is 17.5 Å². The topological polar surface area (TPSA) is 62.3 Å². The molecule has 2 amide bonds. The molecule has 2 aromatic carbocycles. The Labute approximate surface area is 170 Å². The lowest BCUT2D eigenvalue weighted by Crippen LogP contribution is -2.34. The molecule has 1 heterocycles. The fourth-order valence-corrected chi connectivity index (χ4v) is 3.45. The number of amides is 2. The van der Waals surface area contributed by atoms with E-state index >= 15 is 0 Å². The van der Waals surface area contributed by atoms with Crippen molar-refractivity contribution in [3.8, 4) is 0 Å². The molecule has 0 saturated heterocycles. The molecule has 5 nitrogen and oxygen atoms in total. The van der Waals surface area contributed by atoms with Gasteiger partial charge in [-0.1, -0.05) is 48.5 Å². The van der Waals surface area contributed by atoms with Gasteiger partial charge in [-0.25, -0.2) is 0 Å². The van der Waals surface area contributed by atoms with Crippen LogP contribution in [0.2, 0.25) is 0 Å². The number of hydrogen-bond acceptors (Lipinski definition) is 3. The molecule has 4 rings (SSSR count). The highest BCUT2D eigenvalue weighted by Gasteiger charge is 2.49. The number of nitrogens with zero attached hydrogens (tertiary/aromatic N) is 2. The van der Waals surface area contributed by atoms with E-state index < -0.39 is 0 Å². The maximum absolute atomic E-state index is 13.2. The first-order valence-corrected chi connectivity index (χ1v) is 9.79. The van der Waals surface area contributed by atoms with Crippen molar-refractivity contribution in [2.24, 2.45) is 11.8 Å². The molecule has 29 heavy (non-hydrogen) atoms. The molecular formula is C24H23N3O2. The number of para-hydroxylation sites is 1. The number of anilines is 1. The minimum Gasteiger partial charge on any atom is -0.352 e. The molecular weight excluding hydrogens is 362 g/mol. The summed E-state index contributed by atoms with van der Waals surface area (Å²) in [5, 5.41) is 2.94. The predicted molar refractivity (Wildman–Crippen MR) is 112 cm³/mol. The molecule has 2 unspecified atom stereocenters. The van der Waals surface area contributed by atoms with E-state index in [1.54, 1.807) is 17.3 Å². The second-order valence-corrected chi connectivity index (χ2v) is 7.27. The Morgan fingerprint density at radius 3 is 2.21 bits per heavy atom. The number of carbonyl (C=O) groups excluding carboxylic acids is 2. The Kier molecular flexibility index (Phi) is 5.66. The molecule has 1 N–H and O–H groups in total. The van der Waals surface area contributed by atoms with Gasteiger partial charge in [-0.15, -0.1) is 0 Å². The van der Waals surface area contributed by atoms with E-state index in [2.05, 4.69) is 10.3 Å². The standard InChI is InChI=1S/C24H23N3O2/c28-23(26-16-18-11-13-25-14-12-18)21-15-22(21)24(29)27(20-9-5-2-6-10-20)17-19-7-3-1-4-8-19/h1-14,21-22H,15-17H2,(H,26,28). The van der Waals surface area contributed by atoms with Crippen LogP contribution in [0, 0.1) is 11.8 Å². The van der Waals surface area contributed by atoms with Crippen molar-refractivity contribution in [1.82, 2.24) is 10.3 Å². The molecule has 1 aliphatic rings. The Morgan fingerprint density at radius 2 is 1.52 bits per heavy atom. The van der Waals surface area contributed by atoms with Crippen molar-refractivity contribution in [2.75, 3.05) is 4.90 Å². The van der Waals surface area contributed by atoms with Gasteiger partial charge < -0.3 is 10.2 Å². The number of pyridine rings is 1. The molecule has 1 saturated carbocycles. The molecule has 0 radical (unpaired) electrons. The fourth-order valence-electron chi connectivity index (χ4n) is 3.45. The monoisotopic (exact) mass is 385 g/mol. The third-order valence-electron chi connectivity index (χ3n) is 5.18. The van der Waals surface area contributed by atoms with Gasteiger partial charge in [-0.3, -0.25) is 14.6 Å². The van der Waals surface area contributed by atoms with E-state index in [9.17, 15) is 9.59 Å². The molecule has 146 valence electrons. The first-order chi connectivity index (χ1) is 14.2. The van der Waals surface area contributed by atoms with E-state index in [0.717, 1.165) is 16.8 Å². The van der Waals surface area contributed by atoms with E-state index in [4.69, 9.17) is 0 Å². The summed E-state index contributed by atoms with van der Waals surface area (Å²) in [6.45, 7) is 0.941. The zero-order chi connectivity index (χ0) is 20.1. The lowest BCUT2D eigenvalue weighted by atomic mass is 10.1. The van der Waals surface area contributed by atoms with Crippen LogP contribution in [0.15, 0.2) is 85.2 Å². The summed E-state index contributed by atoms with van der Waals surface area (Å²) < 4.78 is 0. The van der Waals surface area contributed by atoms with Gasteiger partial charge >= 0.3 is 0 Å². The molecule has 1 aliphatic carbocycles. The predicted octanol–water partition coefficient (Wildman–Crippen LogP) is 3.57. The van der Waals surface area contributed by atoms with Crippen molar-refractivity contribution in [3.63, 3.8) is 0 Å². The third-order valence-corrected chi connectivity index (χ3v) is 5.18. The first kappa shape index (κ1) is 18.9. The number of benzene rings is 2. The lowest BCUT2D eigenvalue weighted by Gasteiger charge is -2.23. The second kappa shape index (κ2) is 8.69. The number of nitrogens with one attached hydrogen (secondary N) is 1. The summed E-state index contributed by atoms with van der Waals surface area (Å²) in [5.41, 5.74) is 2.90. The molecule has 0 bridgehead atoms. The molecule has 1 aromatic heterocycles. The van der Waals surface area contributed by atoms with Gasteiger partial charge in [-0.05, 0) is 41.8 Å². The molecule has 2 atom stereocenters. The Balaban J connectivity index is 1.42. The Morgan fingerprint density at radius 1 is 0.862 bits per heavy atom. The third kappa shape index (κ3) is 4.69. The maximum Gasteiger partial charge on any atom is 0.231 e. The quantitative estimate of drug-likeness (QED) is 0.676. The highest BCUT2D eigenvalue weighted by atomic mass is 16.2. The minimum absolute atomic E-state index is 0.00381. The molecule has 0 spiro atoms. The highest BCUT2D eigenvalue weighted by molar-refractivity contribution is 6.01. The van der Waals surface area contributed by atoms with Crippen molar-refractivity contribution < 1.29 is 9.59 Å². The van der Waals surface area contributed by atoms with Crippen LogP contribution < -0.4 is 10.2 Å². The van der Waals surface area contributed by atoms with Crippen LogP contribution in [0.5, 0.6) is 0 Å². The second-order valence-electron chi connectivity index (χ2n) is 7.27. The van der Waals surface area contributed by atoms with Crippen LogP contribution in [0.25, 0.3) is 0 Å². The van der Waals surface area contributed by atoms with E-state index in [1.807, 2.05) is 72.8 Å². The largest absolute Gasteiger partial charge is 0.352 e. The smallest absolute Gasteiger partial charge is 0.231 e. The van der Waals surface area contributed by atoms with Gasteiger partial charge in [0.15, 0.2) is 0 Å². The van der Waals surface area contributed by atoms with E-state index in [-0.39, 0.29) is 23.7 Å². The number of carbonyl (C=O) groups is 2. The maximum atomic E-state index is 13.2. The fraction of sp³-hybridized carbons (Fsp3) is 0.208. The van der Waals surface area contributed by atoms with Crippen LogP contribution in [0.4, 0.5) is 5.69 Å². The zero-order valence-electron chi connectivity index (χ0n) is 16.1. The van der Waals surface area contributed by atoms with Gasteiger partial charge in [0, 0.05) is 24.6 Å². The minimum atomic E-state index is -0.267. The Bertz CT molecular complexity index is 961.